The second-order valence-electron chi connectivity index (χ2n) is 7.82. The highest BCUT2D eigenvalue weighted by molar-refractivity contribution is 5.69. The van der Waals surface area contributed by atoms with Gasteiger partial charge in [0.2, 0.25) is 5.95 Å². The Kier molecular flexibility index (Phi) is 4.37. The van der Waals surface area contributed by atoms with Gasteiger partial charge in [0.05, 0.1) is 17.9 Å². The summed E-state index contributed by atoms with van der Waals surface area (Å²) >= 11 is 0. The Hall–Kier alpha value is -2.64. The first-order chi connectivity index (χ1) is 12.0. The van der Waals surface area contributed by atoms with E-state index in [-0.39, 0.29) is 18.1 Å². The van der Waals surface area contributed by atoms with E-state index in [1.807, 2.05) is 47.6 Å². The number of hydrogen-bond donors (Lipinski definition) is 1. The van der Waals surface area contributed by atoms with Gasteiger partial charge in [-0.1, -0.05) is 0 Å². The maximum Gasteiger partial charge on any atom is 0.410 e. The summed E-state index contributed by atoms with van der Waals surface area (Å²) in [5.41, 5.74) is 2.15. The van der Waals surface area contributed by atoms with Crippen molar-refractivity contribution in [2.75, 3.05) is 0 Å². The molecular weight excluding hydrogens is 334 g/mol. The van der Waals surface area contributed by atoms with Gasteiger partial charge in [0.1, 0.15) is 5.60 Å². The third kappa shape index (κ3) is 3.49. The molecule has 3 rings (SSSR count). The molecule has 8 heteroatoms. The van der Waals surface area contributed by atoms with Gasteiger partial charge in [0, 0.05) is 23.7 Å². The van der Waals surface area contributed by atoms with Crippen LogP contribution in [0.15, 0.2) is 10.9 Å². The molecule has 1 amide bonds. The highest BCUT2D eigenvalue weighted by Gasteiger charge is 2.32. The van der Waals surface area contributed by atoms with Crippen LogP contribution in [0.2, 0.25) is 0 Å². The highest BCUT2D eigenvalue weighted by Crippen LogP contribution is 2.22. The van der Waals surface area contributed by atoms with Gasteiger partial charge >= 0.3 is 6.09 Å². The third-order valence-electron chi connectivity index (χ3n) is 4.28. The van der Waals surface area contributed by atoms with E-state index in [2.05, 4.69) is 15.1 Å². The van der Waals surface area contributed by atoms with Crippen LogP contribution in [-0.4, -0.2) is 42.4 Å². The highest BCUT2D eigenvalue weighted by atomic mass is 16.6. The lowest BCUT2D eigenvalue weighted by Crippen LogP contribution is -2.47. The van der Waals surface area contributed by atoms with Crippen molar-refractivity contribution in [1.29, 1.82) is 0 Å². The number of hydrogen-bond acceptors (Lipinski definition) is 5. The van der Waals surface area contributed by atoms with Gasteiger partial charge in [-0.15, -0.1) is 0 Å². The molecule has 1 atom stereocenters. The first-order valence-corrected chi connectivity index (χ1v) is 8.70. The first kappa shape index (κ1) is 18.2. The number of H-pyrrole nitrogens is 1. The molecule has 1 aliphatic heterocycles. The minimum absolute atomic E-state index is 0.139. The monoisotopic (exact) mass is 359 g/mol. The third-order valence-corrected chi connectivity index (χ3v) is 4.28. The number of amides is 1. The molecule has 0 fully saturated rings. The lowest BCUT2D eigenvalue weighted by molar-refractivity contribution is 0.0133. The lowest BCUT2D eigenvalue weighted by Gasteiger charge is -2.35. The molecule has 140 valence electrons. The summed E-state index contributed by atoms with van der Waals surface area (Å²) in [6.45, 7) is 11.4. The maximum atomic E-state index is 12.6. The Bertz CT molecular complexity index is 907. The SMILES string of the molecule is Cc1cc(C)n(-c2nc3c(c(=O)[nH]2)CC(C)N(C(=O)OC(C)(C)C)C3)n1. The molecule has 3 heterocycles. The van der Waals surface area contributed by atoms with Crippen molar-refractivity contribution in [2.24, 2.45) is 0 Å². The standard InChI is InChI=1S/C18H25N5O3/c1-10-7-12(3)23(21-10)16-19-14-9-22(17(25)26-18(4,5)6)11(2)8-13(14)15(24)20-16/h7,11H,8-9H2,1-6H3,(H,19,20,24). The van der Waals surface area contributed by atoms with Crippen LogP contribution >= 0.6 is 0 Å². The molecule has 0 saturated carbocycles. The Labute approximate surface area is 152 Å². The van der Waals surface area contributed by atoms with Crippen molar-refractivity contribution in [1.82, 2.24) is 24.6 Å². The Morgan fingerprint density at radius 3 is 2.62 bits per heavy atom. The summed E-state index contributed by atoms with van der Waals surface area (Å²) < 4.78 is 7.09. The zero-order valence-corrected chi connectivity index (χ0v) is 16.1. The van der Waals surface area contributed by atoms with Crippen LogP contribution in [0.4, 0.5) is 4.79 Å². The van der Waals surface area contributed by atoms with E-state index in [9.17, 15) is 9.59 Å². The molecule has 0 spiro atoms. The molecule has 0 bridgehead atoms. The number of aryl methyl sites for hydroxylation is 2. The minimum atomic E-state index is -0.576. The van der Waals surface area contributed by atoms with Gasteiger partial charge in [0.25, 0.3) is 5.56 Å². The zero-order chi connectivity index (χ0) is 19.2. The number of nitrogens with zero attached hydrogens (tertiary/aromatic N) is 4. The predicted octanol–water partition coefficient (Wildman–Crippen LogP) is 2.25. The number of nitrogens with one attached hydrogen (secondary N) is 1. The summed E-state index contributed by atoms with van der Waals surface area (Å²) in [5, 5.41) is 4.37. The molecule has 8 nitrogen and oxygen atoms in total. The first-order valence-electron chi connectivity index (χ1n) is 8.70. The van der Waals surface area contributed by atoms with Crippen molar-refractivity contribution in [3.8, 4) is 5.95 Å². The van der Waals surface area contributed by atoms with E-state index in [1.54, 1.807) is 9.58 Å². The van der Waals surface area contributed by atoms with E-state index < -0.39 is 11.7 Å². The van der Waals surface area contributed by atoms with E-state index in [0.29, 0.717) is 23.6 Å². The van der Waals surface area contributed by atoms with E-state index in [1.165, 1.54) is 0 Å². The van der Waals surface area contributed by atoms with Crippen LogP contribution in [0.25, 0.3) is 5.95 Å². The number of aromatic amines is 1. The van der Waals surface area contributed by atoms with Gasteiger partial charge in [-0.2, -0.15) is 5.10 Å². The van der Waals surface area contributed by atoms with Crippen molar-refractivity contribution in [2.45, 2.75) is 66.2 Å². The van der Waals surface area contributed by atoms with E-state index in [0.717, 1.165) is 11.4 Å². The second-order valence-corrected chi connectivity index (χ2v) is 7.82. The molecule has 2 aromatic rings. The van der Waals surface area contributed by atoms with Crippen LogP contribution in [0.3, 0.4) is 0 Å². The fourth-order valence-electron chi connectivity index (χ4n) is 3.10. The average molecular weight is 359 g/mol. The Balaban J connectivity index is 1.97. The maximum absolute atomic E-state index is 12.6. The van der Waals surface area contributed by atoms with Crippen LogP contribution in [-0.2, 0) is 17.7 Å². The fourth-order valence-corrected chi connectivity index (χ4v) is 3.10. The van der Waals surface area contributed by atoms with Gasteiger partial charge in [-0.3, -0.25) is 14.7 Å². The summed E-state index contributed by atoms with van der Waals surface area (Å²) in [6.07, 6.45) is 0.0410. The van der Waals surface area contributed by atoms with E-state index in [4.69, 9.17) is 4.74 Å². The molecule has 0 aliphatic carbocycles. The molecule has 1 unspecified atom stereocenters. The van der Waals surface area contributed by atoms with Crippen molar-refractivity contribution >= 4 is 6.09 Å². The largest absolute Gasteiger partial charge is 0.444 e. The summed E-state index contributed by atoms with van der Waals surface area (Å²) in [7, 11) is 0. The van der Waals surface area contributed by atoms with Gasteiger partial charge in [-0.25, -0.2) is 14.5 Å². The molecule has 0 saturated heterocycles. The van der Waals surface area contributed by atoms with Crippen molar-refractivity contribution in [3.63, 3.8) is 0 Å². The summed E-state index contributed by atoms with van der Waals surface area (Å²) in [4.78, 5) is 34.1. The second kappa shape index (κ2) is 6.26. The smallest absolute Gasteiger partial charge is 0.410 e. The lowest BCUT2D eigenvalue weighted by atomic mass is 10.0. The molecule has 0 aromatic carbocycles. The van der Waals surface area contributed by atoms with Crippen molar-refractivity contribution < 1.29 is 9.53 Å². The zero-order valence-electron chi connectivity index (χ0n) is 16.1. The van der Waals surface area contributed by atoms with Crippen molar-refractivity contribution in [3.05, 3.63) is 39.1 Å². The van der Waals surface area contributed by atoms with Crippen LogP contribution < -0.4 is 5.56 Å². The topological polar surface area (TPSA) is 93.1 Å². The average Bonchev–Trinajstić information content (AvgIpc) is 2.84. The molecule has 1 aliphatic rings. The number of rotatable bonds is 1. The normalized spacial score (nSPS) is 17.2. The van der Waals surface area contributed by atoms with Crippen LogP contribution in [0.1, 0.15) is 50.3 Å². The number of aromatic nitrogens is 4. The van der Waals surface area contributed by atoms with Crippen LogP contribution in [0, 0.1) is 13.8 Å². The van der Waals surface area contributed by atoms with Gasteiger partial charge < -0.3 is 4.74 Å². The molecular formula is C18H25N5O3. The van der Waals surface area contributed by atoms with Crippen LogP contribution in [0.5, 0.6) is 0 Å². The number of carbonyl (C=O) groups is 1. The molecule has 0 radical (unpaired) electrons. The Morgan fingerprint density at radius 2 is 2.04 bits per heavy atom. The molecule has 2 aromatic heterocycles. The minimum Gasteiger partial charge on any atom is -0.444 e. The van der Waals surface area contributed by atoms with Gasteiger partial charge in [-0.05, 0) is 47.6 Å². The number of carbonyl (C=O) groups excluding carboxylic acids is 1. The summed E-state index contributed by atoms with van der Waals surface area (Å²) in [6, 6.07) is 1.77. The number of ether oxygens (including phenoxy) is 1. The number of fused-ring (bicyclic) bond motifs is 1. The molecule has 26 heavy (non-hydrogen) atoms. The predicted molar refractivity (Wildman–Crippen MR) is 96.4 cm³/mol. The Morgan fingerprint density at radius 1 is 1.35 bits per heavy atom. The summed E-state index contributed by atoms with van der Waals surface area (Å²) in [5.74, 6) is 0.359. The molecule has 1 N–H and O–H groups in total. The van der Waals surface area contributed by atoms with E-state index >= 15 is 0 Å². The quantitative estimate of drug-likeness (QED) is 0.843. The van der Waals surface area contributed by atoms with Gasteiger partial charge in [0.15, 0.2) is 0 Å². The fraction of sp³-hybridized carbons (Fsp3) is 0.556.